The molecule has 0 aromatic heterocycles. The normalized spacial score (nSPS) is 12.0. The van der Waals surface area contributed by atoms with Crippen LogP contribution in [0.1, 0.15) is 16.7 Å². The summed E-state index contributed by atoms with van der Waals surface area (Å²) in [6.07, 6.45) is -4.67. The molecule has 152 valence electrons. The average Bonchev–Trinajstić information content (AvgIpc) is 2.58. The van der Waals surface area contributed by atoms with Gasteiger partial charge in [-0.15, -0.1) is 0 Å². The molecule has 0 unspecified atom stereocenters. The van der Waals surface area contributed by atoms with E-state index >= 15 is 0 Å². The van der Waals surface area contributed by atoms with Crippen LogP contribution in [-0.4, -0.2) is 31.8 Å². The van der Waals surface area contributed by atoms with Crippen LogP contribution in [0.25, 0.3) is 0 Å². The fourth-order valence-electron chi connectivity index (χ4n) is 2.45. The summed E-state index contributed by atoms with van der Waals surface area (Å²) in [5, 5.41) is 8.77. The highest BCUT2D eigenvalue weighted by atomic mass is 35.5. The van der Waals surface area contributed by atoms with Crippen LogP contribution < -0.4 is 4.31 Å². The Bertz CT molecular complexity index is 960. The number of aryl methyl sites for hydroxylation is 2. The van der Waals surface area contributed by atoms with Crippen molar-refractivity contribution in [1.82, 2.24) is 0 Å². The Morgan fingerprint density at radius 3 is 2.29 bits per heavy atom. The smallest absolute Gasteiger partial charge is 0.416 e. The van der Waals surface area contributed by atoms with Crippen molar-refractivity contribution < 1.29 is 31.5 Å². The number of carboxylic acids is 1. The Labute approximate surface area is 165 Å². The summed E-state index contributed by atoms with van der Waals surface area (Å²) in [7, 11) is -4.26. The number of carboxylic acid groups (broad SMARTS) is 1. The van der Waals surface area contributed by atoms with Crippen molar-refractivity contribution in [3.63, 3.8) is 0 Å². The third kappa shape index (κ3) is 5.62. The summed E-state index contributed by atoms with van der Waals surface area (Å²) in [6, 6.07) is 9.16. The molecule has 0 amide bonds. The number of alkyl halides is 3. The number of benzene rings is 2. The van der Waals surface area contributed by atoms with E-state index in [2.05, 4.69) is 0 Å². The highest BCUT2D eigenvalue weighted by Gasteiger charge is 2.33. The number of sulfonamides is 1. The molecule has 0 aliphatic carbocycles. The minimum Gasteiger partial charge on any atom is -0.480 e. The standard InChI is InChI=1S/C18H17ClF3NO4S/c1-12-2-4-13(5-3-12)8-9-28(26,27)23(11-17(24)25)16-10-14(18(20,21)22)6-7-15(16)19/h2-7,10H,8-9,11H2,1H3,(H,24,25). The number of hydrogen-bond acceptors (Lipinski definition) is 3. The van der Waals surface area contributed by atoms with E-state index in [9.17, 15) is 26.4 Å². The van der Waals surface area contributed by atoms with E-state index in [1.807, 2.05) is 6.92 Å². The highest BCUT2D eigenvalue weighted by Crippen LogP contribution is 2.36. The van der Waals surface area contributed by atoms with Crippen LogP contribution in [-0.2, 0) is 27.4 Å². The monoisotopic (exact) mass is 435 g/mol. The summed E-state index contributed by atoms with van der Waals surface area (Å²) < 4.78 is 64.9. The Morgan fingerprint density at radius 2 is 1.75 bits per heavy atom. The third-order valence-corrected chi connectivity index (χ3v) is 5.96. The van der Waals surface area contributed by atoms with Crippen LogP contribution in [0.5, 0.6) is 0 Å². The number of anilines is 1. The van der Waals surface area contributed by atoms with E-state index in [-0.39, 0.29) is 11.4 Å². The molecule has 0 saturated heterocycles. The first-order chi connectivity index (χ1) is 12.9. The van der Waals surface area contributed by atoms with Gasteiger partial charge in [0.15, 0.2) is 0 Å². The van der Waals surface area contributed by atoms with Gasteiger partial charge in [0.1, 0.15) is 6.54 Å². The Kier molecular flexibility index (Phi) is 6.61. The second-order valence-electron chi connectivity index (χ2n) is 6.12. The highest BCUT2D eigenvalue weighted by molar-refractivity contribution is 7.92. The summed E-state index contributed by atoms with van der Waals surface area (Å²) in [6.45, 7) is 0.821. The molecule has 28 heavy (non-hydrogen) atoms. The molecule has 0 aliphatic rings. The minimum atomic E-state index is -4.74. The first-order valence-electron chi connectivity index (χ1n) is 8.04. The lowest BCUT2D eigenvalue weighted by molar-refractivity contribution is -0.137. The maximum absolute atomic E-state index is 13.0. The minimum absolute atomic E-state index is 0.0648. The molecule has 2 rings (SSSR count). The van der Waals surface area contributed by atoms with E-state index in [1.165, 1.54) is 0 Å². The van der Waals surface area contributed by atoms with Gasteiger partial charge in [-0.1, -0.05) is 41.4 Å². The summed E-state index contributed by atoms with van der Waals surface area (Å²) in [5.41, 5.74) is 0.0215. The number of rotatable bonds is 7. The molecule has 0 fully saturated rings. The quantitative estimate of drug-likeness (QED) is 0.709. The molecule has 0 aliphatic heterocycles. The van der Waals surface area contributed by atoms with Crippen LogP contribution >= 0.6 is 11.6 Å². The van der Waals surface area contributed by atoms with E-state index in [0.717, 1.165) is 11.6 Å². The zero-order chi connectivity index (χ0) is 21.1. The van der Waals surface area contributed by atoms with Gasteiger partial charge in [0.05, 0.1) is 22.0 Å². The van der Waals surface area contributed by atoms with Gasteiger partial charge in [-0.05, 0) is 37.1 Å². The number of hydrogen-bond donors (Lipinski definition) is 1. The zero-order valence-corrected chi connectivity index (χ0v) is 16.3. The summed E-state index contributed by atoms with van der Waals surface area (Å²) in [4.78, 5) is 11.2. The van der Waals surface area contributed by atoms with Gasteiger partial charge in [-0.3, -0.25) is 9.10 Å². The molecular formula is C18H17ClF3NO4S. The molecule has 2 aromatic rings. The molecule has 0 atom stereocenters. The van der Waals surface area contributed by atoms with Crippen molar-refractivity contribution in [2.75, 3.05) is 16.6 Å². The molecule has 0 heterocycles. The zero-order valence-electron chi connectivity index (χ0n) is 14.7. The fourth-order valence-corrected chi connectivity index (χ4v) is 4.19. The summed E-state index contributed by atoms with van der Waals surface area (Å²) >= 11 is 5.90. The van der Waals surface area contributed by atoms with Crippen molar-refractivity contribution in [3.8, 4) is 0 Å². The Morgan fingerprint density at radius 1 is 1.14 bits per heavy atom. The molecule has 0 radical (unpaired) electrons. The maximum Gasteiger partial charge on any atom is 0.416 e. The molecule has 0 bridgehead atoms. The lowest BCUT2D eigenvalue weighted by atomic mass is 10.1. The predicted molar refractivity (Wildman–Crippen MR) is 100 cm³/mol. The second-order valence-corrected chi connectivity index (χ2v) is 8.54. The SMILES string of the molecule is Cc1ccc(CCS(=O)(=O)N(CC(=O)O)c2cc(C(F)(F)F)ccc2Cl)cc1. The summed E-state index contributed by atoms with van der Waals surface area (Å²) in [5.74, 6) is -2.01. The molecule has 2 aromatic carbocycles. The number of nitrogens with zero attached hydrogens (tertiary/aromatic N) is 1. The van der Waals surface area contributed by atoms with Gasteiger partial charge in [0.25, 0.3) is 0 Å². The van der Waals surface area contributed by atoms with Gasteiger partial charge in [0.2, 0.25) is 10.0 Å². The topological polar surface area (TPSA) is 74.7 Å². The van der Waals surface area contributed by atoms with E-state index in [1.54, 1.807) is 24.3 Å². The van der Waals surface area contributed by atoms with Gasteiger partial charge in [-0.2, -0.15) is 13.2 Å². The van der Waals surface area contributed by atoms with E-state index in [0.29, 0.717) is 22.0 Å². The average molecular weight is 436 g/mol. The molecule has 0 spiro atoms. The third-order valence-electron chi connectivity index (χ3n) is 3.93. The van der Waals surface area contributed by atoms with Crippen LogP contribution in [0.3, 0.4) is 0 Å². The number of carbonyl (C=O) groups is 1. The number of halogens is 4. The van der Waals surface area contributed by atoms with E-state index in [4.69, 9.17) is 16.7 Å². The molecular weight excluding hydrogens is 419 g/mol. The molecule has 5 nitrogen and oxygen atoms in total. The largest absolute Gasteiger partial charge is 0.480 e. The molecule has 1 N–H and O–H groups in total. The van der Waals surface area contributed by atoms with Crippen molar-refractivity contribution in [1.29, 1.82) is 0 Å². The van der Waals surface area contributed by atoms with Crippen molar-refractivity contribution >= 4 is 33.3 Å². The first-order valence-corrected chi connectivity index (χ1v) is 10.0. The van der Waals surface area contributed by atoms with E-state index < -0.39 is 45.7 Å². The van der Waals surface area contributed by atoms with Crippen molar-refractivity contribution in [2.24, 2.45) is 0 Å². The Balaban J connectivity index is 2.39. The lowest BCUT2D eigenvalue weighted by Gasteiger charge is -2.24. The predicted octanol–water partition coefficient (Wildman–Crippen LogP) is 4.13. The van der Waals surface area contributed by atoms with Crippen molar-refractivity contribution in [2.45, 2.75) is 19.5 Å². The first kappa shape index (κ1) is 22.0. The van der Waals surface area contributed by atoms with Crippen molar-refractivity contribution in [3.05, 3.63) is 64.2 Å². The fraction of sp³-hybridized carbons (Fsp3) is 0.278. The van der Waals surface area contributed by atoms with Crippen LogP contribution in [0.4, 0.5) is 18.9 Å². The van der Waals surface area contributed by atoms with Gasteiger partial charge in [-0.25, -0.2) is 8.42 Å². The van der Waals surface area contributed by atoms with Gasteiger partial charge < -0.3 is 5.11 Å². The molecule has 10 heteroatoms. The van der Waals surface area contributed by atoms with Crippen LogP contribution in [0.15, 0.2) is 42.5 Å². The van der Waals surface area contributed by atoms with Crippen LogP contribution in [0, 0.1) is 6.92 Å². The van der Waals surface area contributed by atoms with Gasteiger partial charge in [0, 0.05) is 0 Å². The maximum atomic E-state index is 13.0. The van der Waals surface area contributed by atoms with Gasteiger partial charge >= 0.3 is 12.1 Å². The second kappa shape index (κ2) is 8.40. The van der Waals surface area contributed by atoms with Crippen LogP contribution in [0.2, 0.25) is 5.02 Å². The number of aliphatic carboxylic acids is 1. The Hall–Kier alpha value is -2.26. The molecule has 0 saturated carbocycles. The lowest BCUT2D eigenvalue weighted by Crippen LogP contribution is -2.38.